The standard InChI is InChI=1S/C30H17OP/c31-32(20-12-2-1-3-13-20)29-23-16-6-10-18-8-4-14-21(25(18)23)27(29)28-22-15-5-9-19-11-7-17-24(26(19)22)30(28)32/h1-17H. The summed E-state index contributed by atoms with van der Waals surface area (Å²) in [6.45, 7) is 0. The first-order valence-electron chi connectivity index (χ1n) is 11.0. The third kappa shape index (κ3) is 1.75. The van der Waals surface area contributed by atoms with E-state index in [9.17, 15) is 0 Å². The van der Waals surface area contributed by atoms with Crippen molar-refractivity contribution in [2.75, 3.05) is 0 Å². The summed E-state index contributed by atoms with van der Waals surface area (Å²) in [5.41, 5.74) is 7.09. The van der Waals surface area contributed by atoms with E-state index >= 15 is 4.57 Å². The molecule has 0 N–H and O–H groups in total. The number of hydrogen-bond acceptors (Lipinski definition) is 1. The first-order chi connectivity index (χ1) is 15.8. The Kier molecular flexibility index (Phi) is 2.95. The van der Waals surface area contributed by atoms with Crippen molar-refractivity contribution in [1.82, 2.24) is 0 Å². The van der Waals surface area contributed by atoms with Crippen LogP contribution in [0.2, 0.25) is 0 Å². The molecule has 5 aromatic rings. The van der Waals surface area contributed by atoms with Gasteiger partial charge in [0.1, 0.15) is 0 Å². The summed E-state index contributed by atoms with van der Waals surface area (Å²) in [6.07, 6.45) is 0. The lowest BCUT2D eigenvalue weighted by Crippen LogP contribution is -2.05. The van der Waals surface area contributed by atoms with Gasteiger partial charge >= 0.3 is 0 Å². The summed E-state index contributed by atoms with van der Waals surface area (Å²) in [6, 6.07) is 36.0. The molecule has 2 aliphatic carbocycles. The minimum Gasteiger partial charge on any atom is -0.309 e. The average Bonchev–Trinajstić information content (AvgIpc) is 3.45. The van der Waals surface area contributed by atoms with Gasteiger partial charge in [-0.05, 0) is 43.8 Å². The quantitative estimate of drug-likeness (QED) is 0.251. The summed E-state index contributed by atoms with van der Waals surface area (Å²) in [4.78, 5) is 0. The number of benzene rings is 5. The molecule has 148 valence electrons. The van der Waals surface area contributed by atoms with Crippen LogP contribution in [0.5, 0.6) is 0 Å². The van der Waals surface area contributed by atoms with Crippen LogP contribution < -0.4 is 5.30 Å². The van der Waals surface area contributed by atoms with Crippen LogP contribution in [-0.2, 0) is 4.57 Å². The van der Waals surface area contributed by atoms with E-state index in [-0.39, 0.29) is 0 Å². The maximum atomic E-state index is 15.5. The van der Waals surface area contributed by atoms with Crippen molar-refractivity contribution < 1.29 is 4.57 Å². The smallest absolute Gasteiger partial charge is 0.173 e. The maximum Gasteiger partial charge on any atom is 0.173 e. The molecule has 32 heavy (non-hydrogen) atoms. The van der Waals surface area contributed by atoms with Gasteiger partial charge in [0.2, 0.25) is 0 Å². The molecule has 0 radical (unpaired) electrons. The zero-order chi connectivity index (χ0) is 21.0. The lowest BCUT2D eigenvalue weighted by Gasteiger charge is -2.21. The molecule has 8 rings (SSSR count). The number of allylic oxidation sites excluding steroid dienone is 2. The van der Waals surface area contributed by atoms with Crippen LogP contribution in [0.25, 0.3) is 43.3 Å². The zero-order valence-electron chi connectivity index (χ0n) is 17.2. The Hall–Kier alpha value is -3.67. The summed E-state index contributed by atoms with van der Waals surface area (Å²) in [7, 11) is -3.06. The van der Waals surface area contributed by atoms with Crippen LogP contribution in [-0.4, -0.2) is 0 Å². The van der Waals surface area contributed by atoms with Crippen molar-refractivity contribution in [2.45, 2.75) is 0 Å². The van der Waals surface area contributed by atoms with Crippen molar-refractivity contribution in [3.63, 3.8) is 0 Å². The van der Waals surface area contributed by atoms with Gasteiger partial charge in [0.05, 0.1) is 0 Å². The van der Waals surface area contributed by atoms with E-state index < -0.39 is 7.14 Å². The van der Waals surface area contributed by atoms with Crippen molar-refractivity contribution in [1.29, 1.82) is 0 Å². The molecule has 0 atom stereocenters. The lowest BCUT2D eigenvalue weighted by molar-refractivity contribution is 0.593. The highest BCUT2D eigenvalue weighted by Crippen LogP contribution is 2.81. The molecule has 1 aliphatic heterocycles. The van der Waals surface area contributed by atoms with Crippen LogP contribution in [0.4, 0.5) is 0 Å². The second-order valence-corrected chi connectivity index (χ2v) is 11.4. The third-order valence-corrected chi connectivity index (χ3v) is 10.5. The Morgan fingerprint density at radius 1 is 0.438 bits per heavy atom. The molecule has 3 aliphatic rings. The van der Waals surface area contributed by atoms with Gasteiger partial charge in [0, 0.05) is 27.1 Å². The maximum absolute atomic E-state index is 15.5. The fourth-order valence-corrected chi connectivity index (χ4v) is 9.66. The van der Waals surface area contributed by atoms with Gasteiger partial charge in [0.25, 0.3) is 0 Å². The largest absolute Gasteiger partial charge is 0.309 e. The molecule has 0 amide bonds. The first-order valence-corrected chi connectivity index (χ1v) is 12.7. The van der Waals surface area contributed by atoms with Crippen molar-refractivity contribution in [2.24, 2.45) is 0 Å². The topological polar surface area (TPSA) is 17.1 Å². The molecule has 2 heteroatoms. The van der Waals surface area contributed by atoms with Crippen LogP contribution in [0, 0.1) is 0 Å². The summed E-state index contributed by atoms with van der Waals surface area (Å²) >= 11 is 0. The Labute approximate surface area is 185 Å². The van der Waals surface area contributed by atoms with Gasteiger partial charge in [-0.1, -0.05) is 103 Å². The van der Waals surface area contributed by atoms with Gasteiger partial charge in [-0.3, -0.25) is 0 Å². The average molecular weight is 424 g/mol. The number of rotatable bonds is 1. The molecule has 0 fully saturated rings. The Morgan fingerprint density at radius 3 is 1.34 bits per heavy atom. The summed E-state index contributed by atoms with van der Waals surface area (Å²) < 4.78 is 15.5. The van der Waals surface area contributed by atoms with Crippen molar-refractivity contribution >= 4 is 55.8 Å². The van der Waals surface area contributed by atoms with Gasteiger partial charge in [0.15, 0.2) is 7.14 Å². The monoisotopic (exact) mass is 424 g/mol. The van der Waals surface area contributed by atoms with E-state index in [1.807, 2.05) is 30.3 Å². The fourth-order valence-electron chi connectivity index (χ4n) is 6.19. The van der Waals surface area contributed by atoms with Crippen LogP contribution in [0.1, 0.15) is 22.3 Å². The summed E-state index contributed by atoms with van der Waals surface area (Å²) in [5.74, 6) is 0. The normalized spacial score (nSPS) is 16.9. The van der Waals surface area contributed by atoms with Gasteiger partial charge in [-0.15, -0.1) is 0 Å². The van der Waals surface area contributed by atoms with Crippen LogP contribution in [0.3, 0.4) is 0 Å². The summed E-state index contributed by atoms with van der Waals surface area (Å²) in [5, 5.41) is 7.90. The Balaban J connectivity index is 1.60. The third-order valence-electron chi connectivity index (χ3n) is 7.33. The Morgan fingerprint density at radius 2 is 0.875 bits per heavy atom. The van der Waals surface area contributed by atoms with Gasteiger partial charge in [-0.25, -0.2) is 0 Å². The molecule has 0 unspecified atom stereocenters. The SMILES string of the molecule is O=P1(c2ccccc2)C2=C(C3=C1c1cccc4cccc3c14)c1cccc3cccc2c13. The first kappa shape index (κ1) is 17.0. The predicted octanol–water partition coefficient (Wildman–Crippen LogP) is 7.76. The minimum absolute atomic E-state index is 0.923. The minimum atomic E-state index is -3.06. The van der Waals surface area contributed by atoms with Crippen molar-refractivity contribution in [3.8, 4) is 0 Å². The van der Waals surface area contributed by atoms with Gasteiger partial charge < -0.3 is 4.57 Å². The van der Waals surface area contributed by atoms with Crippen LogP contribution >= 0.6 is 7.14 Å². The highest BCUT2D eigenvalue weighted by atomic mass is 31.2. The zero-order valence-corrected chi connectivity index (χ0v) is 18.1. The van der Waals surface area contributed by atoms with E-state index in [2.05, 4.69) is 72.8 Å². The molecule has 5 aromatic carbocycles. The van der Waals surface area contributed by atoms with E-state index in [0.717, 1.165) is 27.1 Å². The van der Waals surface area contributed by atoms with Crippen molar-refractivity contribution in [3.05, 3.63) is 125 Å². The van der Waals surface area contributed by atoms with E-state index in [0.29, 0.717) is 0 Å². The molecule has 1 heterocycles. The van der Waals surface area contributed by atoms with Gasteiger partial charge in [-0.2, -0.15) is 0 Å². The molecule has 0 saturated carbocycles. The fraction of sp³-hybridized carbons (Fsp3) is 0. The molecule has 0 spiro atoms. The number of hydrogen-bond donors (Lipinski definition) is 0. The van der Waals surface area contributed by atoms with E-state index in [4.69, 9.17) is 0 Å². The highest BCUT2D eigenvalue weighted by Gasteiger charge is 2.51. The lowest BCUT2D eigenvalue weighted by atomic mass is 9.94. The van der Waals surface area contributed by atoms with E-state index in [1.54, 1.807) is 0 Å². The number of fused-ring (bicyclic) bond motifs is 5. The Bertz CT molecular complexity index is 1670. The molecule has 0 aromatic heterocycles. The second kappa shape index (κ2) is 5.57. The molecule has 0 saturated heterocycles. The molecule has 0 bridgehead atoms. The second-order valence-electron chi connectivity index (χ2n) is 8.81. The molecular weight excluding hydrogens is 407 g/mol. The molecular formula is C30H17OP. The van der Waals surface area contributed by atoms with E-state index in [1.165, 1.54) is 43.8 Å². The highest BCUT2D eigenvalue weighted by molar-refractivity contribution is 7.91. The molecule has 1 nitrogen and oxygen atoms in total. The predicted molar refractivity (Wildman–Crippen MR) is 135 cm³/mol. The van der Waals surface area contributed by atoms with Crippen LogP contribution in [0.15, 0.2) is 103 Å².